The Hall–Kier alpha value is -3.59. The highest BCUT2D eigenvalue weighted by molar-refractivity contribution is 8.14. The third-order valence-electron chi connectivity index (χ3n) is 4.87. The molecule has 0 saturated carbocycles. The molecular weight excluding hydrogens is 440 g/mol. The fourth-order valence-corrected chi connectivity index (χ4v) is 4.09. The van der Waals surface area contributed by atoms with Gasteiger partial charge in [0.1, 0.15) is 11.4 Å². The number of carbonyl (C=O) groups excluding carboxylic acids is 3. The summed E-state index contributed by atoms with van der Waals surface area (Å²) in [6.07, 6.45) is 1.79. The number of hydrogen-bond acceptors (Lipinski definition) is 6. The van der Waals surface area contributed by atoms with Crippen LogP contribution in [0.2, 0.25) is 0 Å². The number of aliphatic imine (C=N–C) groups is 1. The number of nitrogens with two attached hydrogens (primary N) is 1. The molecule has 3 N–H and O–H groups in total. The lowest BCUT2D eigenvalue weighted by molar-refractivity contribution is -0.119. The number of imide groups is 1. The van der Waals surface area contributed by atoms with Crippen LogP contribution < -0.4 is 20.7 Å². The van der Waals surface area contributed by atoms with Gasteiger partial charge in [-0.2, -0.15) is 0 Å². The van der Waals surface area contributed by atoms with Gasteiger partial charge in [-0.25, -0.2) is 9.79 Å². The number of anilines is 1. The first-order valence-corrected chi connectivity index (χ1v) is 11.4. The zero-order chi connectivity index (χ0) is 24.0. The summed E-state index contributed by atoms with van der Waals surface area (Å²) in [6.45, 7) is 4.24. The quantitative estimate of drug-likeness (QED) is 0.601. The van der Waals surface area contributed by atoms with Crippen LogP contribution in [0.1, 0.15) is 37.3 Å². The van der Waals surface area contributed by atoms with Crippen LogP contribution in [0.15, 0.2) is 59.2 Å². The summed E-state index contributed by atoms with van der Waals surface area (Å²) < 4.78 is 5.29. The van der Waals surface area contributed by atoms with Crippen molar-refractivity contribution in [3.63, 3.8) is 0 Å². The van der Waals surface area contributed by atoms with E-state index in [4.69, 9.17) is 10.5 Å². The monoisotopic (exact) mass is 466 g/mol. The third kappa shape index (κ3) is 6.23. The smallest absolute Gasteiger partial charge is 0.318 e. The van der Waals surface area contributed by atoms with Gasteiger partial charge in [0.05, 0.1) is 12.8 Å². The number of ether oxygens (including phenoxy) is 1. The molecule has 0 bridgehead atoms. The van der Waals surface area contributed by atoms with Gasteiger partial charge < -0.3 is 10.5 Å². The second-order valence-corrected chi connectivity index (χ2v) is 8.66. The molecule has 3 rings (SSSR count). The molecule has 1 aliphatic heterocycles. The number of amidine groups is 1. The van der Waals surface area contributed by atoms with Crippen LogP contribution in [0, 0.1) is 0 Å². The van der Waals surface area contributed by atoms with Crippen LogP contribution in [0.3, 0.4) is 0 Å². The van der Waals surface area contributed by atoms with Crippen molar-refractivity contribution in [3.05, 3.63) is 65.4 Å². The predicted molar refractivity (Wildman–Crippen MR) is 131 cm³/mol. The molecule has 0 spiro atoms. The minimum absolute atomic E-state index is 0.0441. The fourth-order valence-electron chi connectivity index (χ4n) is 3.14. The molecule has 0 saturated heterocycles. The van der Waals surface area contributed by atoms with Gasteiger partial charge >= 0.3 is 6.03 Å². The molecule has 0 unspecified atom stereocenters. The molecule has 1 aliphatic rings. The highest BCUT2D eigenvalue weighted by Gasteiger charge is 2.32. The first-order chi connectivity index (χ1) is 15.8. The Balaban J connectivity index is 1.87. The fraction of sp³-hybridized carbons (Fsp3) is 0.250. The third-order valence-corrected chi connectivity index (χ3v) is 5.81. The number of hydrogen-bond donors (Lipinski definition) is 2. The zero-order valence-electron chi connectivity index (χ0n) is 18.7. The Labute approximate surface area is 196 Å². The van der Waals surface area contributed by atoms with E-state index in [0.717, 1.165) is 5.56 Å². The van der Waals surface area contributed by atoms with Crippen molar-refractivity contribution in [1.29, 1.82) is 0 Å². The van der Waals surface area contributed by atoms with Gasteiger partial charge in [0.25, 0.3) is 5.91 Å². The molecule has 2 aromatic carbocycles. The lowest BCUT2D eigenvalue weighted by atomic mass is 10.0. The summed E-state index contributed by atoms with van der Waals surface area (Å²) in [5, 5.41) is 2.46. The van der Waals surface area contributed by atoms with E-state index in [0.29, 0.717) is 34.0 Å². The van der Waals surface area contributed by atoms with Crippen LogP contribution in [-0.4, -0.2) is 35.9 Å². The Morgan fingerprint density at radius 2 is 1.94 bits per heavy atom. The highest BCUT2D eigenvalue weighted by Crippen LogP contribution is 2.31. The lowest BCUT2D eigenvalue weighted by Crippen LogP contribution is -2.35. The number of rotatable bonds is 7. The van der Waals surface area contributed by atoms with E-state index in [1.807, 2.05) is 29.6 Å². The zero-order valence-corrected chi connectivity index (χ0v) is 19.5. The van der Waals surface area contributed by atoms with Crippen LogP contribution in [0.25, 0.3) is 6.08 Å². The Morgan fingerprint density at radius 1 is 1.21 bits per heavy atom. The topological polar surface area (TPSA) is 114 Å². The number of benzene rings is 2. The minimum Gasteiger partial charge on any atom is -0.497 e. The summed E-state index contributed by atoms with van der Waals surface area (Å²) in [5.41, 5.74) is 7.94. The van der Waals surface area contributed by atoms with E-state index in [9.17, 15) is 14.4 Å². The van der Waals surface area contributed by atoms with E-state index >= 15 is 0 Å². The summed E-state index contributed by atoms with van der Waals surface area (Å²) in [6, 6.07) is 14.2. The lowest BCUT2D eigenvalue weighted by Gasteiger charge is -2.18. The Kier molecular flexibility index (Phi) is 7.89. The van der Waals surface area contributed by atoms with E-state index in [1.165, 1.54) is 22.2 Å². The van der Waals surface area contributed by atoms with Crippen molar-refractivity contribution in [2.75, 3.05) is 17.8 Å². The maximum absolute atomic E-state index is 13.3. The van der Waals surface area contributed by atoms with E-state index in [-0.39, 0.29) is 12.3 Å². The van der Waals surface area contributed by atoms with Gasteiger partial charge in [0.15, 0.2) is 5.17 Å². The molecule has 2 aromatic rings. The summed E-state index contributed by atoms with van der Waals surface area (Å²) in [7, 11) is 1.55. The maximum atomic E-state index is 13.3. The maximum Gasteiger partial charge on any atom is 0.318 e. The van der Waals surface area contributed by atoms with Crippen molar-refractivity contribution in [2.24, 2.45) is 10.7 Å². The van der Waals surface area contributed by atoms with Gasteiger partial charge in [-0.1, -0.05) is 55.9 Å². The number of primary amides is 1. The van der Waals surface area contributed by atoms with Gasteiger partial charge in [0, 0.05) is 18.2 Å². The number of methoxy groups -OCH3 is 1. The van der Waals surface area contributed by atoms with Crippen LogP contribution in [0.5, 0.6) is 5.75 Å². The number of thioether (sulfide) groups is 1. The average molecular weight is 467 g/mol. The van der Waals surface area contributed by atoms with Crippen molar-refractivity contribution in [3.8, 4) is 5.75 Å². The van der Waals surface area contributed by atoms with Gasteiger partial charge in [-0.3, -0.25) is 19.8 Å². The van der Waals surface area contributed by atoms with Gasteiger partial charge in [-0.05, 0) is 35.3 Å². The summed E-state index contributed by atoms with van der Waals surface area (Å²) in [4.78, 5) is 41.9. The largest absolute Gasteiger partial charge is 0.497 e. The van der Waals surface area contributed by atoms with Crippen molar-refractivity contribution in [1.82, 2.24) is 5.32 Å². The summed E-state index contributed by atoms with van der Waals surface area (Å²) >= 11 is 1.24. The summed E-state index contributed by atoms with van der Waals surface area (Å²) in [5.74, 6) is 0.555. The number of urea groups is 1. The molecule has 0 aliphatic carbocycles. The standard InChI is InChI=1S/C24H26N4O4S/c1-15(2)17-9-7-16(8-10-17)13-20-22(30)28(18-5-4-6-19(14-18)32-3)24(26-20)33-12-11-21(29)27-23(25)31/h4-10,13-15H,11-12H2,1-3H3,(H3,25,27,29,31)/b20-13+. The molecule has 1 heterocycles. The SMILES string of the molecule is COc1cccc(N2C(=O)/C(=C\c3ccc(C(C)C)cc3)N=C2SCCC(=O)NC(N)=O)c1. The van der Waals surface area contributed by atoms with Crippen molar-refractivity contribution < 1.29 is 19.1 Å². The second kappa shape index (κ2) is 10.8. The molecule has 9 heteroatoms. The van der Waals surface area contributed by atoms with Crippen LogP contribution >= 0.6 is 11.8 Å². The molecule has 0 radical (unpaired) electrons. The van der Waals surface area contributed by atoms with Gasteiger partial charge in [-0.15, -0.1) is 0 Å². The first-order valence-electron chi connectivity index (χ1n) is 10.4. The molecule has 0 aromatic heterocycles. The number of nitrogens with one attached hydrogen (secondary N) is 1. The van der Waals surface area contributed by atoms with E-state index < -0.39 is 11.9 Å². The number of carbonyl (C=O) groups is 3. The molecule has 0 atom stereocenters. The normalized spacial score (nSPS) is 14.5. The Bertz CT molecular complexity index is 1110. The Morgan fingerprint density at radius 3 is 2.58 bits per heavy atom. The van der Waals surface area contributed by atoms with E-state index in [1.54, 1.807) is 37.5 Å². The predicted octanol–water partition coefficient (Wildman–Crippen LogP) is 3.88. The molecular formula is C24H26N4O4S. The van der Waals surface area contributed by atoms with Crippen molar-refractivity contribution in [2.45, 2.75) is 26.2 Å². The number of nitrogens with zero attached hydrogens (tertiary/aromatic N) is 2. The molecule has 0 fully saturated rings. The van der Waals surface area contributed by atoms with E-state index in [2.05, 4.69) is 18.8 Å². The molecule has 33 heavy (non-hydrogen) atoms. The number of amides is 4. The van der Waals surface area contributed by atoms with Crippen molar-refractivity contribution >= 4 is 46.5 Å². The van der Waals surface area contributed by atoms with Crippen LogP contribution in [0.4, 0.5) is 10.5 Å². The first kappa shape index (κ1) is 24.1. The average Bonchev–Trinajstić information content (AvgIpc) is 3.08. The minimum atomic E-state index is -0.898. The molecule has 8 nitrogen and oxygen atoms in total. The molecule has 172 valence electrons. The van der Waals surface area contributed by atoms with Crippen LogP contribution in [-0.2, 0) is 9.59 Å². The second-order valence-electron chi connectivity index (χ2n) is 7.60. The van der Waals surface area contributed by atoms with Gasteiger partial charge in [0.2, 0.25) is 5.91 Å². The molecule has 4 amide bonds. The highest BCUT2D eigenvalue weighted by atomic mass is 32.2.